The lowest BCUT2D eigenvalue weighted by Gasteiger charge is -2.60. The fourth-order valence-electron chi connectivity index (χ4n) is 8.88. The van der Waals surface area contributed by atoms with Gasteiger partial charge in [0.05, 0.1) is 19.2 Å². The summed E-state index contributed by atoms with van der Waals surface area (Å²) in [6, 6.07) is 0. The highest BCUT2D eigenvalue weighted by Gasteiger charge is 2.61. The molecule has 0 spiro atoms. The summed E-state index contributed by atoms with van der Waals surface area (Å²) in [4.78, 5) is 37.4. The van der Waals surface area contributed by atoms with Gasteiger partial charge >= 0.3 is 0 Å². The summed E-state index contributed by atoms with van der Waals surface area (Å²) in [7, 11) is 0. The Morgan fingerprint density at radius 2 is 1.94 bits per heavy atom. The number of nitrogens with zero attached hydrogens (tertiary/aromatic N) is 3. The van der Waals surface area contributed by atoms with Crippen LogP contribution in [0.4, 0.5) is 0 Å². The van der Waals surface area contributed by atoms with Crippen molar-refractivity contribution >= 4 is 34.9 Å². The van der Waals surface area contributed by atoms with Gasteiger partial charge in [-0.1, -0.05) is 26.1 Å². The third kappa shape index (κ3) is 3.14. The number of imidazole rings is 1. The van der Waals surface area contributed by atoms with Crippen LogP contribution in [0.1, 0.15) is 71.6 Å². The van der Waals surface area contributed by atoms with Gasteiger partial charge in [0.1, 0.15) is 16.9 Å². The Balaban J connectivity index is 1.23. The standard InChI is InChI=1S/C26H34N4O2S/c1-25-9-7-16(31)11-15(25)3-4-17-18-5-6-20(26(18,2)10-8-19(17)25)21(32)12-30-14-29-22-23(30)27-13-28-24(22)33/h13-15,17-20H,3-12H2,1-2H3,(H,27,28,33). The number of nitrogens with one attached hydrogen (secondary N) is 1. The smallest absolute Gasteiger partial charge is 0.157 e. The van der Waals surface area contributed by atoms with Crippen molar-refractivity contribution in [1.82, 2.24) is 19.5 Å². The second-order valence-corrected chi connectivity index (χ2v) is 12.2. The Bertz CT molecular complexity index is 1190. The average molecular weight is 467 g/mol. The SMILES string of the molecule is CC12CCC(=O)CC1CCC1C2CCC2(C)C(C(=O)Cn3cnc4c(=S)nc[nH]c43)CCC12. The summed E-state index contributed by atoms with van der Waals surface area (Å²) in [6.07, 6.45) is 12.9. The number of fused-ring (bicyclic) bond motifs is 6. The molecule has 7 heteroatoms. The van der Waals surface area contributed by atoms with Crippen molar-refractivity contribution < 1.29 is 9.59 Å². The summed E-state index contributed by atoms with van der Waals surface area (Å²) in [6.45, 7) is 5.24. The van der Waals surface area contributed by atoms with E-state index in [4.69, 9.17) is 12.2 Å². The first kappa shape index (κ1) is 21.6. The molecule has 6 rings (SSSR count). The lowest BCUT2D eigenvalue weighted by molar-refractivity contribution is -0.144. The zero-order chi connectivity index (χ0) is 23.0. The maximum absolute atomic E-state index is 13.6. The van der Waals surface area contributed by atoms with Gasteiger partial charge in [-0.25, -0.2) is 9.97 Å². The summed E-state index contributed by atoms with van der Waals surface area (Å²) in [5.74, 6) is 3.58. The van der Waals surface area contributed by atoms with E-state index in [0.29, 0.717) is 51.4 Å². The fourth-order valence-corrected chi connectivity index (χ4v) is 9.08. The molecule has 0 bridgehead atoms. The molecule has 4 aliphatic rings. The number of hydrogen-bond acceptors (Lipinski definition) is 5. The van der Waals surface area contributed by atoms with Gasteiger partial charge in [-0.3, -0.25) is 9.59 Å². The first-order valence-corrected chi connectivity index (χ1v) is 13.1. The highest BCUT2D eigenvalue weighted by Crippen LogP contribution is 2.67. The Kier molecular flexibility index (Phi) is 4.95. The molecular formula is C26H34N4O2S. The van der Waals surface area contributed by atoms with Gasteiger partial charge < -0.3 is 9.55 Å². The van der Waals surface area contributed by atoms with E-state index in [1.54, 1.807) is 12.7 Å². The molecule has 0 aromatic carbocycles. The lowest BCUT2D eigenvalue weighted by Crippen LogP contribution is -2.54. The van der Waals surface area contributed by atoms with E-state index in [2.05, 4.69) is 28.8 Å². The van der Waals surface area contributed by atoms with Crippen LogP contribution in [-0.2, 0) is 16.1 Å². The Morgan fingerprint density at radius 1 is 1.12 bits per heavy atom. The van der Waals surface area contributed by atoms with Crippen molar-refractivity contribution in [3.05, 3.63) is 17.3 Å². The van der Waals surface area contributed by atoms with Gasteiger partial charge in [0.15, 0.2) is 10.4 Å². The van der Waals surface area contributed by atoms with Crippen LogP contribution in [0.3, 0.4) is 0 Å². The van der Waals surface area contributed by atoms with Crippen molar-refractivity contribution in [3.8, 4) is 0 Å². The van der Waals surface area contributed by atoms with Crippen molar-refractivity contribution in [1.29, 1.82) is 0 Å². The summed E-state index contributed by atoms with van der Waals surface area (Å²) in [5.41, 5.74) is 1.86. The number of H-pyrrole nitrogens is 1. The minimum atomic E-state index is 0.0940. The molecule has 0 radical (unpaired) electrons. The third-order valence-electron chi connectivity index (χ3n) is 10.6. The average Bonchev–Trinajstić information content (AvgIpc) is 3.36. The van der Waals surface area contributed by atoms with Crippen LogP contribution >= 0.6 is 12.2 Å². The van der Waals surface area contributed by atoms with Crippen LogP contribution in [0.2, 0.25) is 0 Å². The van der Waals surface area contributed by atoms with Gasteiger partial charge in [0.2, 0.25) is 0 Å². The number of rotatable bonds is 3. The zero-order valence-electron chi connectivity index (χ0n) is 19.7. The molecule has 0 amide bonds. The van der Waals surface area contributed by atoms with Crippen molar-refractivity contribution in [2.75, 3.05) is 0 Å². The predicted molar refractivity (Wildman–Crippen MR) is 128 cm³/mol. The highest BCUT2D eigenvalue weighted by molar-refractivity contribution is 7.71. The molecule has 33 heavy (non-hydrogen) atoms. The topological polar surface area (TPSA) is 80.6 Å². The number of Topliss-reactive ketones (excluding diaryl/α,β-unsaturated/α-hetero) is 2. The second-order valence-electron chi connectivity index (χ2n) is 11.8. The predicted octanol–water partition coefficient (Wildman–Crippen LogP) is 5.29. The van der Waals surface area contributed by atoms with E-state index < -0.39 is 0 Å². The van der Waals surface area contributed by atoms with E-state index in [1.807, 2.05) is 4.57 Å². The van der Waals surface area contributed by atoms with E-state index in [-0.39, 0.29) is 11.3 Å². The molecule has 4 aliphatic carbocycles. The molecule has 6 nitrogen and oxygen atoms in total. The van der Waals surface area contributed by atoms with Crippen LogP contribution in [0.5, 0.6) is 0 Å². The minimum Gasteiger partial charge on any atom is -0.330 e. The molecule has 7 atom stereocenters. The Hall–Kier alpha value is -1.89. The van der Waals surface area contributed by atoms with E-state index in [1.165, 1.54) is 25.7 Å². The number of aromatic amines is 1. The number of carbonyl (C=O) groups excluding carboxylic acids is 2. The van der Waals surface area contributed by atoms with Gasteiger partial charge in [-0.2, -0.15) is 0 Å². The second kappa shape index (κ2) is 7.56. The molecular weight excluding hydrogens is 432 g/mol. The summed E-state index contributed by atoms with van der Waals surface area (Å²) >= 11 is 5.28. The number of aromatic nitrogens is 4. The molecule has 2 aromatic rings. The van der Waals surface area contributed by atoms with E-state index >= 15 is 0 Å². The van der Waals surface area contributed by atoms with Gasteiger partial charge in [0.25, 0.3) is 0 Å². The molecule has 4 fully saturated rings. The first-order valence-electron chi connectivity index (χ1n) is 12.7. The van der Waals surface area contributed by atoms with Gasteiger partial charge in [0, 0.05) is 18.8 Å². The van der Waals surface area contributed by atoms with Gasteiger partial charge in [-0.05, 0) is 79.4 Å². The lowest BCUT2D eigenvalue weighted by atomic mass is 9.44. The Labute approximate surface area is 200 Å². The van der Waals surface area contributed by atoms with Crippen LogP contribution in [-0.4, -0.2) is 31.1 Å². The summed E-state index contributed by atoms with van der Waals surface area (Å²) in [5, 5.41) is 0. The number of hydrogen-bond donors (Lipinski definition) is 1. The molecule has 0 saturated heterocycles. The maximum atomic E-state index is 13.6. The minimum absolute atomic E-state index is 0.0940. The van der Waals surface area contributed by atoms with Gasteiger partial charge in [-0.15, -0.1) is 0 Å². The number of carbonyl (C=O) groups is 2. The maximum Gasteiger partial charge on any atom is 0.157 e. The molecule has 1 N–H and O–H groups in total. The van der Waals surface area contributed by atoms with E-state index in [9.17, 15) is 9.59 Å². The summed E-state index contributed by atoms with van der Waals surface area (Å²) < 4.78 is 2.37. The van der Waals surface area contributed by atoms with Crippen LogP contribution < -0.4 is 0 Å². The molecule has 2 heterocycles. The zero-order valence-corrected chi connectivity index (χ0v) is 20.5. The van der Waals surface area contributed by atoms with Crippen LogP contribution in [0, 0.1) is 45.1 Å². The van der Waals surface area contributed by atoms with E-state index in [0.717, 1.165) is 43.7 Å². The first-order chi connectivity index (χ1) is 15.8. The molecule has 7 unspecified atom stereocenters. The molecule has 4 saturated carbocycles. The highest BCUT2D eigenvalue weighted by atomic mass is 32.1. The molecule has 2 aromatic heterocycles. The van der Waals surface area contributed by atoms with Crippen molar-refractivity contribution in [2.45, 2.75) is 78.2 Å². The van der Waals surface area contributed by atoms with Crippen molar-refractivity contribution in [2.24, 2.45) is 40.4 Å². The van der Waals surface area contributed by atoms with Crippen LogP contribution in [0.25, 0.3) is 11.2 Å². The fraction of sp³-hybridized carbons (Fsp3) is 0.731. The third-order valence-corrected chi connectivity index (χ3v) is 10.9. The quantitative estimate of drug-likeness (QED) is 0.622. The monoisotopic (exact) mass is 466 g/mol. The molecule has 0 aliphatic heterocycles. The Morgan fingerprint density at radius 3 is 2.79 bits per heavy atom. The molecule has 176 valence electrons. The van der Waals surface area contributed by atoms with Crippen LogP contribution in [0.15, 0.2) is 12.7 Å². The normalized spacial score (nSPS) is 40.3. The largest absolute Gasteiger partial charge is 0.330 e. The van der Waals surface area contributed by atoms with Crippen molar-refractivity contribution in [3.63, 3.8) is 0 Å². The number of ketones is 2.